The maximum absolute atomic E-state index is 11.3. The molecule has 0 bridgehead atoms. The van der Waals surface area contributed by atoms with E-state index in [-0.39, 0.29) is 29.2 Å². The lowest BCUT2D eigenvalue weighted by atomic mass is 10.0. The number of benzene rings is 2. The normalized spacial score (nSPS) is 11.6. The van der Waals surface area contributed by atoms with Crippen LogP contribution >= 0.6 is 7.26 Å². The lowest BCUT2D eigenvalue weighted by molar-refractivity contribution is 0.0685. The molecule has 0 atom stereocenters. The van der Waals surface area contributed by atoms with Gasteiger partial charge in [-0.2, -0.15) is 8.42 Å². The lowest BCUT2D eigenvalue weighted by Gasteiger charge is -2.07. The molecule has 25 heavy (non-hydrogen) atoms. The van der Waals surface area contributed by atoms with E-state index in [1.165, 1.54) is 18.2 Å². The summed E-state index contributed by atoms with van der Waals surface area (Å²) < 4.78 is 31.8. The molecule has 0 fully saturated rings. The van der Waals surface area contributed by atoms with Crippen molar-refractivity contribution >= 4 is 40.1 Å². The molecule has 0 aliphatic carbocycles. The van der Waals surface area contributed by atoms with E-state index in [9.17, 15) is 18.0 Å². The van der Waals surface area contributed by atoms with Gasteiger partial charge in [0.15, 0.2) is 0 Å². The second kappa shape index (κ2) is 7.47. The third-order valence-electron chi connectivity index (χ3n) is 2.69. The van der Waals surface area contributed by atoms with Gasteiger partial charge in [-0.1, -0.05) is 6.07 Å². The van der Waals surface area contributed by atoms with Crippen LogP contribution in [0.15, 0.2) is 35.2 Å². The Hall–Kier alpha value is -2.02. The van der Waals surface area contributed by atoms with Gasteiger partial charge in [0.25, 0.3) is 10.1 Å². The Labute approximate surface area is 146 Å². The first kappa shape index (κ1) is 21.0. The molecule has 2 aromatic rings. The van der Waals surface area contributed by atoms with Crippen LogP contribution in [0.25, 0.3) is 10.8 Å². The van der Waals surface area contributed by atoms with Gasteiger partial charge in [-0.05, 0) is 29.7 Å². The lowest BCUT2D eigenvalue weighted by Crippen LogP contribution is -2.05. The first-order valence-electron chi connectivity index (χ1n) is 7.01. The molecule has 0 unspecified atom stereocenters. The molecule has 0 aliphatic rings. The van der Waals surface area contributed by atoms with Gasteiger partial charge in [0.1, 0.15) is 4.90 Å². The molecule has 0 amide bonds. The predicted octanol–water partition coefficient (Wildman–Crippen LogP) is 3.01. The van der Waals surface area contributed by atoms with Crippen LogP contribution in [0.2, 0.25) is 0 Å². The van der Waals surface area contributed by atoms with Crippen molar-refractivity contribution in [3.8, 4) is 0 Å². The third kappa shape index (κ3) is 6.42. The van der Waals surface area contributed by atoms with Crippen LogP contribution in [0.3, 0.4) is 0 Å². The van der Waals surface area contributed by atoms with E-state index in [0.29, 0.717) is 0 Å². The van der Waals surface area contributed by atoms with Gasteiger partial charge in [-0.25, -0.2) is 9.59 Å². The topological polar surface area (TPSA) is 129 Å². The monoisotopic (exact) mass is 387 g/mol. The fourth-order valence-electron chi connectivity index (χ4n) is 1.79. The van der Waals surface area contributed by atoms with Gasteiger partial charge in [0.05, 0.1) is 11.1 Å². The van der Waals surface area contributed by atoms with Crippen molar-refractivity contribution in [3.05, 3.63) is 41.5 Å². The maximum atomic E-state index is 11.3. The molecule has 136 valence electrons. The summed E-state index contributed by atoms with van der Waals surface area (Å²) in [7, 11) is -5.07. The highest BCUT2D eigenvalue weighted by molar-refractivity contribution is 7.86. The molecule has 0 aliphatic heterocycles. The van der Waals surface area contributed by atoms with Crippen LogP contribution in [0.4, 0.5) is 0 Å². The zero-order valence-electron chi connectivity index (χ0n) is 14.2. The number of rotatable bonds is 3. The summed E-state index contributed by atoms with van der Waals surface area (Å²) in [5, 5.41) is 17.9. The van der Waals surface area contributed by atoms with Crippen molar-refractivity contribution < 1.29 is 32.8 Å². The van der Waals surface area contributed by atoms with Gasteiger partial charge in [0.2, 0.25) is 0 Å². The number of hydrogen-bond acceptors (Lipinski definition) is 4. The van der Waals surface area contributed by atoms with Crippen LogP contribution in [-0.2, 0) is 10.1 Å². The summed E-state index contributed by atoms with van der Waals surface area (Å²) in [5.41, 5.74) is -0.501. The third-order valence-corrected chi connectivity index (χ3v) is 3.58. The number of fused-ring (bicyclic) bond motifs is 1. The van der Waals surface area contributed by atoms with Crippen LogP contribution in [0.5, 0.6) is 0 Å². The second-order valence-corrected chi connectivity index (χ2v) is 13.4. The molecule has 2 rings (SSSR count). The Morgan fingerprint density at radius 1 is 0.880 bits per heavy atom. The highest BCUT2D eigenvalue weighted by Crippen LogP contribution is 2.40. The first-order chi connectivity index (χ1) is 11.2. The minimum atomic E-state index is -4.68. The molecule has 0 saturated heterocycles. The second-order valence-electron chi connectivity index (χ2n) is 6.68. The van der Waals surface area contributed by atoms with E-state index in [2.05, 4.69) is 26.7 Å². The van der Waals surface area contributed by atoms with Crippen LogP contribution in [0.1, 0.15) is 20.7 Å². The molecule has 2 aromatic carbocycles. The minimum Gasteiger partial charge on any atom is -0.478 e. The van der Waals surface area contributed by atoms with Gasteiger partial charge in [0, 0.05) is 39.3 Å². The molecule has 3 N–H and O–H groups in total. The zero-order valence-corrected chi connectivity index (χ0v) is 15.9. The summed E-state index contributed by atoms with van der Waals surface area (Å²) >= 11 is 0. The maximum Gasteiger partial charge on any atom is 0.335 e. The highest BCUT2D eigenvalue weighted by Gasteiger charge is 2.19. The van der Waals surface area contributed by atoms with Gasteiger partial charge >= 0.3 is 11.9 Å². The fraction of sp³-hybridized carbons (Fsp3) is 0.250. The van der Waals surface area contributed by atoms with Gasteiger partial charge in [-0.3, -0.25) is 4.55 Å². The van der Waals surface area contributed by atoms with Crippen molar-refractivity contribution in [1.29, 1.82) is 0 Å². The SMILES string of the molecule is C[P+](C)(C)C.O=C(O)c1cc(S(=O)(=O)O)c2cc(C(=O)O)ccc2c1. The van der Waals surface area contributed by atoms with Crippen LogP contribution in [-0.4, -0.2) is 61.8 Å². The largest absolute Gasteiger partial charge is 0.478 e. The predicted molar refractivity (Wildman–Crippen MR) is 98.3 cm³/mol. The van der Waals surface area contributed by atoms with Crippen molar-refractivity contribution in [2.75, 3.05) is 26.7 Å². The number of carboxylic acid groups (broad SMARTS) is 2. The number of carbonyl (C=O) groups is 2. The summed E-state index contributed by atoms with van der Waals surface area (Å²) in [5.74, 6) is -2.63. The Kier molecular flexibility index (Phi) is 6.28. The van der Waals surface area contributed by atoms with Crippen molar-refractivity contribution in [1.82, 2.24) is 0 Å². The average Bonchev–Trinajstić information content (AvgIpc) is 2.42. The smallest absolute Gasteiger partial charge is 0.335 e. The minimum absolute atomic E-state index is 0.0580. The van der Waals surface area contributed by atoms with E-state index < -0.39 is 27.0 Å². The van der Waals surface area contributed by atoms with Crippen LogP contribution in [0, 0.1) is 0 Å². The van der Waals surface area contributed by atoms with E-state index in [1.54, 1.807) is 0 Å². The molecular weight excluding hydrogens is 367 g/mol. The first-order valence-corrected chi connectivity index (χ1v) is 12.0. The summed E-state index contributed by atoms with van der Waals surface area (Å²) in [6.45, 7) is 9.19. The van der Waals surface area contributed by atoms with Crippen molar-refractivity contribution in [2.45, 2.75) is 4.90 Å². The Bertz CT molecular complexity index is 921. The molecule has 7 nitrogen and oxygen atoms in total. The summed E-state index contributed by atoms with van der Waals surface area (Å²) in [4.78, 5) is 21.2. The Balaban J connectivity index is 0.000000550. The van der Waals surface area contributed by atoms with E-state index in [0.717, 1.165) is 12.1 Å². The average molecular weight is 387 g/mol. The molecule has 0 saturated carbocycles. The highest BCUT2D eigenvalue weighted by atomic mass is 32.2. The van der Waals surface area contributed by atoms with Gasteiger partial charge in [-0.15, -0.1) is 0 Å². The molecular formula is C16H20O7PS+. The fourth-order valence-corrected chi connectivity index (χ4v) is 2.52. The molecule has 0 aromatic heterocycles. The van der Waals surface area contributed by atoms with Crippen molar-refractivity contribution in [3.63, 3.8) is 0 Å². The van der Waals surface area contributed by atoms with Gasteiger partial charge < -0.3 is 10.2 Å². The van der Waals surface area contributed by atoms with Crippen LogP contribution < -0.4 is 0 Å². The number of aromatic carboxylic acids is 2. The standard InChI is InChI=1S/C12H8O7S.C4H12P/c13-11(14)7-2-1-6-3-8(12(15)16)5-10(9(6)4-7)20(17,18)19;1-5(2,3)4/h1-5H,(H,13,14)(H,15,16)(H,17,18,19);1-4H3/q;+1. The zero-order chi connectivity index (χ0) is 19.6. The Morgan fingerprint density at radius 2 is 1.36 bits per heavy atom. The quantitative estimate of drug-likeness (QED) is 0.545. The van der Waals surface area contributed by atoms with E-state index >= 15 is 0 Å². The van der Waals surface area contributed by atoms with Crippen molar-refractivity contribution in [2.24, 2.45) is 0 Å². The molecule has 0 heterocycles. The van der Waals surface area contributed by atoms with E-state index in [4.69, 9.17) is 14.8 Å². The summed E-state index contributed by atoms with van der Waals surface area (Å²) in [6.07, 6.45) is 0. The summed E-state index contributed by atoms with van der Waals surface area (Å²) in [6, 6.07) is 5.53. The Morgan fingerprint density at radius 3 is 1.76 bits per heavy atom. The molecule has 9 heteroatoms. The van der Waals surface area contributed by atoms with E-state index in [1.807, 2.05) is 0 Å². The molecule has 0 spiro atoms. The number of carboxylic acids is 2. The molecule has 0 radical (unpaired) electrons. The number of hydrogen-bond donors (Lipinski definition) is 3.